The van der Waals surface area contributed by atoms with Gasteiger partial charge in [-0.25, -0.2) is 0 Å². The zero-order chi connectivity index (χ0) is 18.8. The van der Waals surface area contributed by atoms with Crippen LogP contribution in [0.5, 0.6) is 11.5 Å². The van der Waals surface area contributed by atoms with Gasteiger partial charge in [-0.2, -0.15) is 0 Å². The average Bonchev–Trinajstić information content (AvgIpc) is 3.06. The summed E-state index contributed by atoms with van der Waals surface area (Å²) in [7, 11) is 0. The number of benzene rings is 3. The number of carbonyl (C=O) groups is 1. The highest BCUT2D eigenvalue weighted by Gasteiger charge is 2.19. The number of nitrogens with one attached hydrogen (secondary N) is 1. The van der Waals surface area contributed by atoms with Crippen LogP contribution in [0, 0.1) is 0 Å². The van der Waals surface area contributed by atoms with Crippen molar-refractivity contribution >= 4 is 17.7 Å². The summed E-state index contributed by atoms with van der Waals surface area (Å²) in [5, 5.41) is 21.9. The zero-order valence-corrected chi connectivity index (χ0v) is 14.4. The zero-order valence-electron chi connectivity index (χ0n) is 14.4. The lowest BCUT2D eigenvalue weighted by Gasteiger charge is -2.05. The van der Waals surface area contributed by atoms with Crippen molar-refractivity contribution in [2.45, 2.75) is 0 Å². The summed E-state index contributed by atoms with van der Waals surface area (Å²) >= 11 is 0. The molecular weight excluding hydrogens is 338 g/mol. The normalized spacial score (nSPS) is 14.9. The fourth-order valence-corrected chi connectivity index (χ4v) is 3.00. The molecule has 0 bridgehead atoms. The molecule has 0 atom stereocenters. The monoisotopic (exact) mass is 355 g/mol. The van der Waals surface area contributed by atoms with Crippen LogP contribution in [0.3, 0.4) is 0 Å². The highest BCUT2D eigenvalue weighted by molar-refractivity contribution is 6.10. The molecule has 0 radical (unpaired) electrons. The fourth-order valence-electron chi connectivity index (χ4n) is 3.00. The maximum atomic E-state index is 12.3. The van der Waals surface area contributed by atoms with Crippen LogP contribution in [0.2, 0.25) is 0 Å². The Morgan fingerprint density at radius 2 is 1.41 bits per heavy atom. The van der Waals surface area contributed by atoms with Crippen LogP contribution in [0.15, 0.2) is 84.4 Å². The first-order chi connectivity index (χ1) is 13.1. The molecule has 0 saturated carbocycles. The number of amides is 1. The van der Waals surface area contributed by atoms with Gasteiger partial charge in [0, 0.05) is 11.3 Å². The summed E-state index contributed by atoms with van der Waals surface area (Å²) in [6.45, 7) is 0. The van der Waals surface area contributed by atoms with Crippen molar-refractivity contribution in [1.82, 2.24) is 5.32 Å². The second kappa shape index (κ2) is 6.84. The van der Waals surface area contributed by atoms with E-state index >= 15 is 0 Å². The first-order valence-electron chi connectivity index (χ1n) is 8.53. The molecule has 0 aliphatic carbocycles. The minimum Gasteiger partial charge on any atom is -0.504 e. The molecule has 4 rings (SSSR count). The van der Waals surface area contributed by atoms with Crippen molar-refractivity contribution in [3.63, 3.8) is 0 Å². The van der Waals surface area contributed by atoms with Crippen molar-refractivity contribution in [3.8, 4) is 22.6 Å². The van der Waals surface area contributed by atoms with Gasteiger partial charge >= 0.3 is 0 Å². The molecule has 0 saturated heterocycles. The minimum atomic E-state index is -0.219. The Hall–Kier alpha value is -3.79. The average molecular weight is 355 g/mol. The molecule has 1 aliphatic rings. The molecule has 0 aromatic heterocycles. The number of hydrogen-bond donors (Lipinski definition) is 3. The topological polar surface area (TPSA) is 69.6 Å². The molecule has 4 nitrogen and oxygen atoms in total. The Kier molecular flexibility index (Phi) is 4.22. The van der Waals surface area contributed by atoms with Gasteiger partial charge in [-0.3, -0.25) is 4.79 Å². The Labute approximate surface area is 156 Å². The van der Waals surface area contributed by atoms with Gasteiger partial charge in [-0.15, -0.1) is 0 Å². The molecule has 1 heterocycles. The highest BCUT2D eigenvalue weighted by atomic mass is 16.3. The largest absolute Gasteiger partial charge is 0.504 e. The van der Waals surface area contributed by atoms with E-state index in [9.17, 15) is 15.0 Å². The minimum absolute atomic E-state index is 0.192. The maximum Gasteiger partial charge on any atom is 0.255 e. The summed E-state index contributed by atoms with van der Waals surface area (Å²) in [5.74, 6) is -0.615. The summed E-state index contributed by atoms with van der Waals surface area (Å²) in [5.41, 5.74) is 5.02. The number of aromatic hydroxyl groups is 2. The van der Waals surface area contributed by atoms with Crippen molar-refractivity contribution in [2.24, 2.45) is 0 Å². The smallest absolute Gasteiger partial charge is 0.255 e. The molecule has 132 valence electrons. The Balaban J connectivity index is 1.61. The Morgan fingerprint density at radius 3 is 2.11 bits per heavy atom. The van der Waals surface area contributed by atoms with Gasteiger partial charge < -0.3 is 15.5 Å². The molecule has 3 aromatic carbocycles. The second-order valence-electron chi connectivity index (χ2n) is 6.30. The van der Waals surface area contributed by atoms with E-state index < -0.39 is 0 Å². The van der Waals surface area contributed by atoms with Crippen LogP contribution in [0.25, 0.3) is 22.9 Å². The van der Waals surface area contributed by atoms with E-state index in [4.69, 9.17) is 0 Å². The lowest BCUT2D eigenvalue weighted by molar-refractivity contribution is -0.115. The molecule has 27 heavy (non-hydrogen) atoms. The molecule has 0 unspecified atom stereocenters. The van der Waals surface area contributed by atoms with Crippen LogP contribution in [0.4, 0.5) is 0 Å². The molecule has 1 amide bonds. The van der Waals surface area contributed by atoms with Crippen molar-refractivity contribution in [2.75, 3.05) is 0 Å². The van der Waals surface area contributed by atoms with Crippen LogP contribution in [-0.2, 0) is 4.79 Å². The van der Waals surface area contributed by atoms with Gasteiger partial charge in [0.25, 0.3) is 5.91 Å². The maximum absolute atomic E-state index is 12.3. The van der Waals surface area contributed by atoms with Gasteiger partial charge in [0.2, 0.25) is 0 Å². The molecule has 0 fully saturated rings. The van der Waals surface area contributed by atoms with Gasteiger partial charge in [-0.05, 0) is 46.5 Å². The van der Waals surface area contributed by atoms with E-state index in [0.29, 0.717) is 11.1 Å². The lowest BCUT2D eigenvalue weighted by Crippen LogP contribution is -2.15. The Bertz CT molecular complexity index is 1060. The molecule has 4 heteroatoms. The number of carbonyl (C=O) groups excluding carboxylic acids is 1. The van der Waals surface area contributed by atoms with Crippen LogP contribution >= 0.6 is 0 Å². The predicted octanol–water partition coefficient (Wildman–Crippen LogP) is 4.32. The van der Waals surface area contributed by atoms with Gasteiger partial charge in [0.05, 0.1) is 0 Å². The Morgan fingerprint density at radius 1 is 0.741 bits per heavy atom. The summed E-state index contributed by atoms with van der Waals surface area (Å²) in [4.78, 5) is 12.3. The third kappa shape index (κ3) is 3.46. The van der Waals surface area contributed by atoms with E-state index in [0.717, 1.165) is 22.4 Å². The van der Waals surface area contributed by atoms with Crippen molar-refractivity contribution in [1.29, 1.82) is 0 Å². The van der Waals surface area contributed by atoms with Crippen molar-refractivity contribution < 1.29 is 15.0 Å². The van der Waals surface area contributed by atoms with E-state index in [1.54, 1.807) is 18.2 Å². The van der Waals surface area contributed by atoms with Crippen LogP contribution in [-0.4, -0.2) is 16.1 Å². The summed E-state index contributed by atoms with van der Waals surface area (Å²) in [6.07, 6.45) is 3.45. The highest BCUT2D eigenvalue weighted by Crippen LogP contribution is 2.28. The lowest BCUT2D eigenvalue weighted by atomic mass is 10.0. The van der Waals surface area contributed by atoms with Gasteiger partial charge in [0.1, 0.15) is 0 Å². The third-order valence-corrected chi connectivity index (χ3v) is 4.43. The van der Waals surface area contributed by atoms with Gasteiger partial charge in [-0.1, -0.05) is 60.7 Å². The first-order valence-corrected chi connectivity index (χ1v) is 8.53. The molecule has 3 aromatic rings. The quantitative estimate of drug-likeness (QED) is 0.484. The fraction of sp³-hybridized carbons (Fsp3) is 0. The molecule has 0 spiro atoms. The van der Waals surface area contributed by atoms with Crippen LogP contribution < -0.4 is 5.32 Å². The molecular formula is C23H17NO3. The number of phenolic OH excluding ortho intramolecular Hbond substituents is 2. The van der Waals surface area contributed by atoms with E-state index in [1.807, 2.05) is 42.5 Å². The predicted molar refractivity (Wildman–Crippen MR) is 106 cm³/mol. The standard InChI is InChI=1S/C23H17NO3/c25-21-11-6-15(13-22(21)26)12-19-14-20(24-23(19)27)18-9-7-17(8-10-18)16-4-2-1-3-5-16/h1-14,25-26H,(H,24,27)/b19-12+. The first kappa shape index (κ1) is 16.7. The van der Waals surface area contributed by atoms with E-state index in [2.05, 4.69) is 17.4 Å². The number of phenols is 2. The van der Waals surface area contributed by atoms with Crippen LogP contribution in [0.1, 0.15) is 11.1 Å². The SMILES string of the molecule is O=C1NC(c2ccc(-c3ccccc3)cc2)=C/C1=C\c1ccc(O)c(O)c1. The van der Waals surface area contributed by atoms with Gasteiger partial charge in [0.15, 0.2) is 11.5 Å². The van der Waals surface area contributed by atoms with E-state index in [1.165, 1.54) is 12.1 Å². The number of hydrogen-bond acceptors (Lipinski definition) is 3. The third-order valence-electron chi connectivity index (χ3n) is 4.43. The van der Waals surface area contributed by atoms with E-state index in [-0.39, 0.29) is 17.4 Å². The molecule has 3 N–H and O–H groups in total. The summed E-state index contributed by atoms with van der Waals surface area (Å²) < 4.78 is 0. The van der Waals surface area contributed by atoms with Crippen molar-refractivity contribution in [3.05, 3.63) is 95.6 Å². The number of rotatable bonds is 3. The molecule has 1 aliphatic heterocycles. The summed E-state index contributed by atoms with van der Waals surface area (Å²) in [6, 6.07) is 22.5. The second-order valence-corrected chi connectivity index (χ2v) is 6.30.